The molecule has 1 aliphatic rings. The second-order valence-electron chi connectivity index (χ2n) is 3.85. The van der Waals surface area contributed by atoms with Gasteiger partial charge in [0.15, 0.2) is 0 Å². The van der Waals surface area contributed by atoms with Crippen LogP contribution in [-0.2, 0) is 11.7 Å². The van der Waals surface area contributed by atoms with E-state index < -0.39 is 23.1 Å². The summed E-state index contributed by atoms with van der Waals surface area (Å²) in [5.74, 6) is -1.25. The second kappa shape index (κ2) is 2.95. The Morgan fingerprint density at radius 2 is 1.80 bits per heavy atom. The van der Waals surface area contributed by atoms with E-state index in [1.165, 1.54) is 6.07 Å². The maximum absolute atomic E-state index is 12.9. The average molecular weight is 219 g/mol. The van der Waals surface area contributed by atoms with E-state index in [9.17, 15) is 17.6 Å². The van der Waals surface area contributed by atoms with Crippen LogP contribution in [0.3, 0.4) is 0 Å². The maximum atomic E-state index is 12.9. The van der Waals surface area contributed by atoms with E-state index in [0.29, 0.717) is 18.4 Å². The molecule has 1 aromatic carbocycles. The van der Waals surface area contributed by atoms with Crippen LogP contribution in [0, 0.1) is 5.82 Å². The van der Waals surface area contributed by atoms with Crippen LogP contribution < -0.4 is 5.73 Å². The third kappa shape index (κ3) is 1.84. The Balaban J connectivity index is 2.46. The molecule has 5 heteroatoms. The predicted molar refractivity (Wildman–Crippen MR) is 46.5 cm³/mol. The fraction of sp³-hybridized carbons (Fsp3) is 0.400. The molecule has 1 nitrogen and oxygen atoms in total. The van der Waals surface area contributed by atoms with E-state index in [-0.39, 0.29) is 0 Å². The van der Waals surface area contributed by atoms with E-state index in [1.54, 1.807) is 0 Å². The summed E-state index contributed by atoms with van der Waals surface area (Å²) in [4.78, 5) is 0. The lowest BCUT2D eigenvalue weighted by Gasteiger charge is -2.13. The van der Waals surface area contributed by atoms with Gasteiger partial charge in [-0.25, -0.2) is 4.39 Å². The Hall–Kier alpha value is -1.10. The van der Waals surface area contributed by atoms with E-state index in [0.717, 1.165) is 12.1 Å². The van der Waals surface area contributed by atoms with Gasteiger partial charge in [-0.1, -0.05) is 6.07 Å². The first-order chi connectivity index (χ1) is 6.83. The van der Waals surface area contributed by atoms with Crippen LogP contribution in [0.15, 0.2) is 18.2 Å². The molecule has 1 aromatic rings. The molecule has 15 heavy (non-hydrogen) atoms. The van der Waals surface area contributed by atoms with Crippen molar-refractivity contribution in [2.45, 2.75) is 24.6 Å². The minimum absolute atomic E-state index is 0.358. The van der Waals surface area contributed by atoms with Crippen LogP contribution in [-0.4, -0.2) is 0 Å². The van der Waals surface area contributed by atoms with Gasteiger partial charge in [-0.05, 0) is 30.5 Å². The third-order valence-corrected chi connectivity index (χ3v) is 2.64. The highest BCUT2D eigenvalue weighted by molar-refractivity contribution is 5.35. The molecular formula is C10H9F4N. The largest absolute Gasteiger partial charge is 0.419 e. The summed E-state index contributed by atoms with van der Waals surface area (Å²) in [6, 6.07) is 2.95. The fourth-order valence-electron chi connectivity index (χ4n) is 1.48. The van der Waals surface area contributed by atoms with Crippen LogP contribution in [0.4, 0.5) is 17.6 Å². The molecule has 82 valence electrons. The smallest absolute Gasteiger partial charge is 0.321 e. The van der Waals surface area contributed by atoms with Crippen molar-refractivity contribution in [2.75, 3.05) is 0 Å². The molecule has 0 bridgehead atoms. The van der Waals surface area contributed by atoms with Crippen LogP contribution in [0.2, 0.25) is 0 Å². The SMILES string of the molecule is NC1(c2ccc(F)c(C(F)(F)F)c2)CC1. The van der Waals surface area contributed by atoms with Gasteiger partial charge < -0.3 is 5.73 Å². The first kappa shape index (κ1) is 10.4. The number of alkyl halides is 3. The molecule has 0 amide bonds. The van der Waals surface area contributed by atoms with Crippen molar-refractivity contribution in [2.24, 2.45) is 5.73 Å². The molecule has 0 spiro atoms. The van der Waals surface area contributed by atoms with Gasteiger partial charge >= 0.3 is 6.18 Å². The van der Waals surface area contributed by atoms with Gasteiger partial charge in [0.25, 0.3) is 0 Å². The number of nitrogens with two attached hydrogens (primary N) is 1. The lowest BCUT2D eigenvalue weighted by atomic mass is 10.0. The van der Waals surface area contributed by atoms with Gasteiger partial charge in [0.1, 0.15) is 5.82 Å². The molecule has 0 radical (unpaired) electrons. The maximum Gasteiger partial charge on any atom is 0.419 e. The van der Waals surface area contributed by atoms with Gasteiger partial charge in [-0.15, -0.1) is 0 Å². The van der Waals surface area contributed by atoms with E-state index in [4.69, 9.17) is 5.73 Å². The fourth-order valence-corrected chi connectivity index (χ4v) is 1.48. The van der Waals surface area contributed by atoms with Gasteiger partial charge in [0.05, 0.1) is 5.56 Å². The molecule has 1 fully saturated rings. The summed E-state index contributed by atoms with van der Waals surface area (Å²) in [7, 11) is 0. The second-order valence-corrected chi connectivity index (χ2v) is 3.85. The monoisotopic (exact) mass is 219 g/mol. The zero-order valence-electron chi connectivity index (χ0n) is 7.74. The highest BCUT2D eigenvalue weighted by Crippen LogP contribution is 2.44. The standard InChI is InChI=1S/C10H9F4N/c11-8-2-1-6(9(15)3-4-9)5-7(8)10(12,13)14/h1-2,5H,3-4,15H2. The van der Waals surface area contributed by atoms with Crippen molar-refractivity contribution in [1.29, 1.82) is 0 Å². The average Bonchev–Trinajstić information content (AvgIpc) is 2.83. The number of hydrogen-bond acceptors (Lipinski definition) is 1. The Morgan fingerprint density at radius 3 is 2.27 bits per heavy atom. The molecule has 1 saturated carbocycles. The van der Waals surface area contributed by atoms with Gasteiger partial charge in [0, 0.05) is 5.54 Å². The summed E-state index contributed by atoms with van der Waals surface area (Å²) in [6.07, 6.45) is -3.36. The summed E-state index contributed by atoms with van der Waals surface area (Å²) in [5.41, 5.74) is 4.19. The molecule has 1 aliphatic carbocycles. The number of hydrogen-bond donors (Lipinski definition) is 1. The zero-order valence-corrected chi connectivity index (χ0v) is 7.74. The molecule has 0 aromatic heterocycles. The third-order valence-electron chi connectivity index (χ3n) is 2.64. The Labute approximate surface area is 83.9 Å². The summed E-state index contributed by atoms with van der Waals surface area (Å²) < 4.78 is 50.0. The first-order valence-corrected chi connectivity index (χ1v) is 4.49. The van der Waals surface area contributed by atoms with Crippen molar-refractivity contribution in [3.63, 3.8) is 0 Å². The summed E-state index contributed by atoms with van der Waals surface area (Å²) in [5, 5.41) is 0. The summed E-state index contributed by atoms with van der Waals surface area (Å²) in [6.45, 7) is 0. The molecule has 2 rings (SSSR count). The van der Waals surface area contributed by atoms with Crippen molar-refractivity contribution in [3.8, 4) is 0 Å². The first-order valence-electron chi connectivity index (χ1n) is 4.49. The number of benzene rings is 1. The number of rotatable bonds is 1. The van der Waals surface area contributed by atoms with Gasteiger partial charge in [-0.2, -0.15) is 13.2 Å². The lowest BCUT2D eigenvalue weighted by Crippen LogP contribution is -2.20. The molecule has 0 saturated heterocycles. The summed E-state index contributed by atoms with van der Waals surface area (Å²) >= 11 is 0. The van der Waals surface area contributed by atoms with Gasteiger partial charge in [-0.3, -0.25) is 0 Å². The van der Waals surface area contributed by atoms with Crippen molar-refractivity contribution in [1.82, 2.24) is 0 Å². The van der Waals surface area contributed by atoms with Crippen molar-refractivity contribution in [3.05, 3.63) is 35.1 Å². The van der Waals surface area contributed by atoms with E-state index in [2.05, 4.69) is 0 Å². The van der Waals surface area contributed by atoms with Gasteiger partial charge in [0.2, 0.25) is 0 Å². The van der Waals surface area contributed by atoms with Crippen molar-refractivity contribution < 1.29 is 17.6 Å². The Bertz CT molecular complexity index is 393. The van der Waals surface area contributed by atoms with Crippen molar-refractivity contribution >= 4 is 0 Å². The van der Waals surface area contributed by atoms with Crippen LogP contribution in [0.5, 0.6) is 0 Å². The topological polar surface area (TPSA) is 26.0 Å². The predicted octanol–water partition coefficient (Wildman–Crippen LogP) is 2.79. The molecule has 2 N–H and O–H groups in total. The minimum atomic E-state index is -4.66. The zero-order chi connectivity index (χ0) is 11.3. The van der Waals surface area contributed by atoms with E-state index in [1.807, 2.05) is 0 Å². The normalized spacial score (nSPS) is 19.0. The molecule has 0 heterocycles. The minimum Gasteiger partial charge on any atom is -0.321 e. The number of halogens is 4. The Morgan fingerprint density at radius 1 is 1.20 bits per heavy atom. The molecule has 0 aliphatic heterocycles. The highest BCUT2D eigenvalue weighted by Gasteiger charge is 2.42. The lowest BCUT2D eigenvalue weighted by molar-refractivity contribution is -0.140. The molecular weight excluding hydrogens is 210 g/mol. The molecule has 0 unspecified atom stereocenters. The quantitative estimate of drug-likeness (QED) is 0.722. The van der Waals surface area contributed by atoms with Crippen LogP contribution >= 0.6 is 0 Å². The highest BCUT2D eigenvalue weighted by atomic mass is 19.4. The molecule has 0 atom stereocenters. The van der Waals surface area contributed by atoms with Crippen LogP contribution in [0.25, 0.3) is 0 Å². The Kier molecular flexibility index (Phi) is 2.05. The van der Waals surface area contributed by atoms with Crippen LogP contribution in [0.1, 0.15) is 24.0 Å². The van der Waals surface area contributed by atoms with E-state index >= 15 is 0 Å².